The molecule has 0 amide bonds. The number of hydrogen-bond donors (Lipinski definition) is 9. The molecule has 2 aliphatic rings. The smallest absolute Gasteiger partial charge is 0.351 e. The number of nitrogens with two attached hydrogens (primary N) is 2. The van der Waals surface area contributed by atoms with Gasteiger partial charge in [-0.3, -0.25) is 33.3 Å². The van der Waals surface area contributed by atoms with Crippen molar-refractivity contribution in [2.75, 3.05) is 38.6 Å². The molecule has 252 valence electrons. The molecule has 2 fully saturated rings. The van der Waals surface area contributed by atoms with E-state index >= 15 is 0 Å². The van der Waals surface area contributed by atoms with Gasteiger partial charge in [-0.15, -0.1) is 0 Å². The minimum absolute atomic E-state index is 0.00160. The van der Waals surface area contributed by atoms with Gasteiger partial charge in [-0.25, -0.2) is 9.97 Å². The van der Waals surface area contributed by atoms with Crippen molar-refractivity contribution in [1.29, 1.82) is 0 Å². The Morgan fingerprint density at radius 1 is 0.891 bits per heavy atom. The molecule has 8 atom stereocenters. The molecule has 11 N–H and O–H groups in total. The predicted molar refractivity (Wildman–Crippen MR) is 152 cm³/mol. The molecule has 0 saturated carbocycles. The second-order valence-electron chi connectivity index (χ2n) is 10.0. The van der Waals surface area contributed by atoms with Crippen molar-refractivity contribution >= 4 is 41.8 Å². The second kappa shape index (κ2) is 13.1. The van der Waals surface area contributed by atoms with E-state index < -0.39 is 74.3 Å². The van der Waals surface area contributed by atoms with Gasteiger partial charge in [0.05, 0.1) is 19.3 Å². The molecule has 0 aliphatic carbocycles. The van der Waals surface area contributed by atoms with Crippen molar-refractivity contribution in [3.05, 3.63) is 33.4 Å². The maximum absolute atomic E-state index is 11.8. The topological polar surface area (TPSA) is 344 Å². The maximum Gasteiger partial charge on any atom is 0.351 e. The van der Waals surface area contributed by atoms with Crippen LogP contribution in [0.3, 0.4) is 0 Å². The van der Waals surface area contributed by atoms with E-state index in [1.54, 1.807) is 0 Å². The van der Waals surface area contributed by atoms with Crippen LogP contribution in [-0.4, -0.2) is 128 Å². The molecule has 0 spiro atoms. The van der Waals surface area contributed by atoms with E-state index in [-0.39, 0.29) is 40.8 Å². The van der Waals surface area contributed by atoms with Crippen LogP contribution >= 0.6 is 7.60 Å². The number of H-pyrrole nitrogens is 2. The summed E-state index contributed by atoms with van der Waals surface area (Å²) in [5.41, 5.74) is 10.4. The van der Waals surface area contributed by atoms with Crippen molar-refractivity contribution in [3.8, 4) is 0 Å². The summed E-state index contributed by atoms with van der Waals surface area (Å²) in [6.07, 6.45) is -6.34. The van der Waals surface area contributed by atoms with Crippen LogP contribution in [0.25, 0.3) is 22.3 Å². The van der Waals surface area contributed by atoms with Gasteiger partial charge in [-0.05, 0) is 0 Å². The lowest BCUT2D eigenvalue weighted by molar-refractivity contribution is -0.167. The lowest BCUT2D eigenvalue weighted by Gasteiger charge is -2.19. The highest BCUT2D eigenvalue weighted by atomic mass is 31.2. The summed E-state index contributed by atoms with van der Waals surface area (Å²) in [7, 11) is -1.73. The van der Waals surface area contributed by atoms with E-state index in [0.29, 0.717) is 0 Å². The zero-order valence-electron chi connectivity index (χ0n) is 24.0. The van der Waals surface area contributed by atoms with E-state index in [1.807, 2.05) is 0 Å². The Morgan fingerprint density at radius 3 is 1.83 bits per heavy atom. The Labute approximate surface area is 255 Å². The Morgan fingerprint density at radius 2 is 1.37 bits per heavy atom. The van der Waals surface area contributed by atoms with Crippen LogP contribution in [0.5, 0.6) is 0 Å². The molecule has 6 heterocycles. The first-order valence-electron chi connectivity index (χ1n) is 13.2. The van der Waals surface area contributed by atoms with Crippen LogP contribution in [0.2, 0.25) is 0 Å². The van der Waals surface area contributed by atoms with Crippen LogP contribution in [-0.2, 0) is 28.2 Å². The number of aliphatic hydroxyl groups is 3. The third kappa shape index (κ3) is 6.38. The normalized spacial score (nSPS) is 28.2. The summed E-state index contributed by atoms with van der Waals surface area (Å²) in [5.74, 6) is -0.193. The van der Waals surface area contributed by atoms with Crippen molar-refractivity contribution < 1.29 is 53.4 Å². The summed E-state index contributed by atoms with van der Waals surface area (Å²) in [6.45, 7) is -0.361. The summed E-state index contributed by atoms with van der Waals surface area (Å²) < 4.78 is 40.1. The molecule has 0 radical (unpaired) electrons. The highest BCUT2D eigenvalue weighted by Gasteiger charge is 2.47. The van der Waals surface area contributed by atoms with E-state index in [1.165, 1.54) is 36.0 Å². The van der Waals surface area contributed by atoms with Gasteiger partial charge in [0.1, 0.15) is 30.5 Å². The Kier molecular flexibility index (Phi) is 9.53. The van der Waals surface area contributed by atoms with E-state index in [2.05, 4.69) is 29.9 Å². The molecule has 24 heteroatoms. The zero-order chi connectivity index (χ0) is 33.5. The van der Waals surface area contributed by atoms with Gasteiger partial charge in [0.2, 0.25) is 11.9 Å². The number of nitrogens with one attached hydrogen (secondary N) is 2. The number of rotatable bonds is 8. The number of aliphatic hydroxyl groups excluding tert-OH is 3. The fraction of sp³-hybridized carbons (Fsp3) is 0.545. The first-order chi connectivity index (χ1) is 21.8. The van der Waals surface area contributed by atoms with Gasteiger partial charge < -0.3 is 60.3 Å². The van der Waals surface area contributed by atoms with Gasteiger partial charge in [0, 0.05) is 14.2 Å². The van der Waals surface area contributed by atoms with Gasteiger partial charge >= 0.3 is 7.60 Å². The Balaban J connectivity index is 0.000000184. The lowest BCUT2D eigenvalue weighted by atomic mass is 10.1. The molecule has 2 aliphatic heterocycles. The minimum Gasteiger partial charge on any atom is -0.394 e. The van der Waals surface area contributed by atoms with Gasteiger partial charge in [0.25, 0.3) is 11.1 Å². The number of nitrogens with zero attached hydrogens (tertiary/aromatic N) is 6. The number of ether oxygens (including phenoxy) is 5. The molecule has 6 rings (SSSR count). The maximum atomic E-state index is 11.8. The monoisotopic (exact) mass is 674 g/mol. The summed E-state index contributed by atoms with van der Waals surface area (Å²) in [4.78, 5) is 61.9. The Bertz CT molecular complexity index is 1860. The fourth-order valence-corrected chi connectivity index (χ4v) is 5.35. The third-order valence-corrected chi connectivity index (χ3v) is 7.55. The van der Waals surface area contributed by atoms with Crippen LogP contribution < -0.4 is 22.6 Å². The van der Waals surface area contributed by atoms with Crippen molar-refractivity contribution in [2.24, 2.45) is 0 Å². The van der Waals surface area contributed by atoms with Crippen LogP contribution in [0, 0.1) is 0 Å². The van der Waals surface area contributed by atoms with Crippen LogP contribution in [0.15, 0.2) is 22.2 Å². The van der Waals surface area contributed by atoms with Gasteiger partial charge in [0.15, 0.2) is 47.4 Å². The number of anilines is 2. The number of aromatic amines is 2. The first-order valence-corrected chi connectivity index (χ1v) is 15.0. The van der Waals surface area contributed by atoms with Crippen molar-refractivity contribution in [3.63, 3.8) is 0 Å². The number of imidazole rings is 2. The fourth-order valence-electron chi connectivity index (χ4n) is 5.01. The molecule has 2 unspecified atom stereocenters. The molecule has 46 heavy (non-hydrogen) atoms. The number of aromatic nitrogens is 8. The SMILES string of the molecule is CO[C@@H]1C(O)[C@@H](CO)O[C@H]1n1cnc2c(=O)[nH]c(N)nc21.CO[C@@H]1C(O)[C@@H](OCP(=O)(O)O)O[C@H]1n1cnc2c(=O)[nH]c(N)nc21. The highest BCUT2D eigenvalue weighted by molar-refractivity contribution is 7.51. The first kappa shape index (κ1) is 33.5. The summed E-state index contributed by atoms with van der Waals surface area (Å²) in [6, 6.07) is 0. The van der Waals surface area contributed by atoms with Crippen LogP contribution in [0.1, 0.15) is 12.5 Å². The zero-order valence-corrected chi connectivity index (χ0v) is 24.9. The van der Waals surface area contributed by atoms with Gasteiger partial charge in [-0.2, -0.15) is 9.97 Å². The van der Waals surface area contributed by atoms with E-state index in [0.717, 1.165) is 0 Å². The molecule has 4 aromatic rings. The summed E-state index contributed by atoms with van der Waals surface area (Å²) in [5, 5.41) is 29.5. The van der Waals surface area contributed by atoms with E-state index in [9.17, 15) is 29.5 Å². The van der Waals surface area contributed by atoms with Gasteiger partial charge in [-0.1, -0.05) is 0 Å². The molecule has 23 nitrogen and oxygen atoms in total. The number of fused-ring (bicyclic) bond motifs is 2. The molecule has 2 saturated heterocycles. The molecule has 0 bridgehead atoms. The molecular formula is C22H31N10O13P. The summed E-state index contributed by atoms with van der Waals surface area (Å²) >= 11 is 0. The third-order valence-electron chi connectivity index (χ3n) is 7.06. The number of methoxy groups -OCH3 is 2. The molecule has 4 aromatic heterocycles. The van der Waals surface area contributed by atoms with Crippen molar-refractivity contribution in [1.82, 2.24) is 39.0 Å². The van der Waals surface area contributed by atoms with E-state index in [4.69, 9.17) is 44.9 Å². The Hall–Kier alpha value is -3.87. The number of hydrogen-bond acceptors (Lipinski definition) is 17. The standard InChI is InChI=1S/C11H16N5O8P.C11H15N5O5/c1-22-6-5(17)10(23-3-25(19,20)21)24-9(6)16-2-13-4-7(16)14-11(12)15-8(4)18;1-20-7-6(18)4(2-17)21-10(7)16-3-13-5-8(16)14-11(12)15-9(5)19/h2,5-6,9-10,17H,3H2,1H3,(H2,19,20,21)(H3,12,14,15,18);3-4,6-7,10,17-18H,2H2,1H3,(H3,12,14,15,19)/t5?,6-,9-,10+;4-,6?,7-,10-/m11/s1. The second-order valence-corrected chi connectivity index (χ2v) is 11.6. The minimum atomic E-state index is -4.45. The lowest BCUT2D eigenvalue weighted by Crippen LogP contribution is -2.34. The molecular weight excluding hydrogens is 643 g/mol. The number of nitrogen functional groups attached to an aromatic ring is 2. The largest absolute Gasteiger partial charge is 0.394 e. The average Bonchev–Trinajstić information content (AvgIpc) is 3.74. The quantitative estimate of drug-likeness (QED) is 0.0805. The molecule has 0 aromatic carbocycles. The predicted octanol–water partition coefficient (Wildman–Crippen LogP) is -3.95. The average molecular weight is 675 g/mol. The van der Waals surface area contributed by atoms with Crippen molar-refractivity contribution in [2.45, 2.75) is 49.3 Å². The highest BCUT2D eigenvalue weighted by Crippen LogP contribution is 2.39. The van der Waals surface area contributed by atoms with Crippen LogP contribution in [0.4, 0.5) is 11.9 Å².